The summed E-state index contributed by atoms with van der Waals surface area (Å²) in [7, 11) is 0. The molecule has 0 fully saturated rings. The number of nitrogens with two attached hydrogens (primary N) is 1. The number of nitrogens with zero attached hydrogens (tertiary/aromatic N) is 3. The highest BCUT2D eigenvalue weighted by atomic mass is 16.6. The second-order valence-corrected chi connectivity index (χ2v) is 5.43. The highest BCUT2D eigenvalue weighted by Crippen LogP contribution is 2.13. The van der Waals surface area contributed by atoms with Gasteiger partial charge in [0.1, 0.15) is 12.0 Å². The van der Waals surface area contributed by atoms with Crippen molar-refractivity contribution in [3.05, 3.63) is 64.5 Å². The van der Waals surface area contributed by atoms with E-state index >= 15 is 0 Å². The molecule has 0 bridgehead atoms. The lowest BCUT2D eigenvalue weighted by molar-refractivity contribution is -0.389. The predicted molar refractivity (Wildman–Crippen MR) is 101 cm³/mol. The van der Waals surface area contributed by atoms with Crippen molar-refractivity contribution in [2.24, 2.45) is 0 Å². The van der Waals surface area contributed by atoms with E-state index in [0.717, 1.165) is 11.1 Å². The average molecular weight is 346 g/mol. The van der Waals surface area contributed by atoms with Crippen LogP contribution in [0, 0.1) is 10.1 Å². The number of anilines is 1. The third-order valence-electron chi connectivity index (χ3n) is 2.90. The zero-order valence-corrected chi connectivity index (χ0v) is 15.1. The van der Waals surface area contributed by atoms with Crippen molar-refractivity contribution in [1.82, 2.24) is 9.97 Å². The Morgan fingerprint density at radius 3 is 2.20 bits per heavy atom. The van der Waals surface area contributed by atoms with Gasteiger partial charge in [-0.05, 0) is 52.9 Å². The first-order chi connectivity index (χ1) is 11.7. The standard InChI is InChI=1S/C8H8N2O2.C8H12N2.C2H6O/c1-6(2)7-3-4-8(9-5-7)10(11)12;1-6(2)7-3-4-8(9)10-5-7;1-2-3/h3-5H,1H2,2H3;3-6H,1-2H3,(H2,9,10);3H,2H2,1H3. The maximum Gasteiger partial charge on any atom is 0.363 e. The Bertz CT molecular complexity index is 620. The molecule has 0 aliphatic carbocycles. The van der Waals surface area contributed by atoms with Crippen molar-refractivity contribution < 1.29 is 10.0 Å². The van der Waals surface area contributed by atoms with Gasteiger partial charge >= 0.3 is 5.82 Å². The Morgan fingerprint density at radius 2 is 1.88 bits per heavy atom. The summed E-state index contributed by atoms with van der Waals surface area (Å²) < 4.78 is 0. The van der Waals surface area contributed by atoms with Crippen LogP contribution in [0.2, 0.25) is 0 Å². The quantitative estimate of drug-likeness (QED) is 0.645. The monoisotopic (exact) mass is 346 g/mol. The van der Waals surface area contributed by atoms with Crippen LogP contribution in [0.15, 0.2) is 43.2 Å². The molecule has 136 valence electrons. The first kappa shape index (κ1) is 22.2. The summed E-state index contributed by atoms with van der Waals surface area (Å²) in [6, 6.07) is 6.83. The molecule has 2 heterocycles. The molecule has 0 saturated heterocycles. The van der Waals surface area contributed by atoms with Gasteiger partial charge in [0.2, 0.25) is 0 Å². The second-order valence-electron chi connectivity index (χ2n) is 5.43. The zero-order valence-electron chi connectivity index (χ0n) is 15.1. The lowest BCUT2D eigenvalue weighted by atomic mass is 10.1. The van der Waals surface area contributed by atoms with Crippen LogP contribution in [0.1, 0.15) is 44.7 Å². The third-order valence-corrected chi connectivity index (χ3v) is 2.90. The largest absolute Gasteiger partial charge is 0.397 e. The first-order valence-electron chi connectivity index (χ1n) is 7.81. The molecule has 7 heteroatoms. The molecule has 0 aliphatic rings. The smallest absolute Gasteiger partial charge is 0.363 e. The van der Waals surface area contributed by atoms with Gasteiger partial charge in [-0.25, -0.2) is 4.98 Å². The molecule has 0 spiro atoms. The van der Waals surface area contributed by atoms with Crippen LogP contribution in [0.4, 0.5) is 11.6 Å². The van der Waals surface area contributed by atoms with Gasteiger partial charge in [0.25, 0.3) is 0 Å². The van der Waals surface area contributed by atoms with E-state index in [1.165, 1.54) is 17.8 Å². The van der Waals surface area contributed by atoms with Crippen molar-refractivity contribution in [1.29, 1.82) is 0 Å². The van der Waals surface area contributed by atoms with E-state index in [9.17, 15) is 10.1 Å². The highest BCUT2D eigenvalue weighted by Gasteiger charge is 2.05. The van der Waals surface area contributed by atoms with E-state index in [1.54, 1.807) is 13.0 Å². The third kappa shape index (κ3) is 9.17. The van der Waals surface area contributed by atoms with Crippen LogP contribution in [-0.4, -0.2) is 26.6 Å². The van der Waals surface area contributed by atoms with Crippen LogP contribution in [0.25, 0.3) is 5.57 Å². The molecular weight excluding hydrogens is 320 g/mol. The van der Waals surface area contributed by atoms with Crippen molar-refractivity contribution in [3.8, 4) is 0 Å². The fourth-order valence-electron chi connectivity index (χ4n) is 1.50. The number of nitrogen functional groups attached to an aromatic ring is 1. The summed E-state index contributed by atoms with van der Waals surface area (Å²) in [5, 5.41) is 17.8. The van der Waals surface area contributed by atoms with Gasteiger partial charge < -0.3 is 21.0 Å². The summed E-state index contributed by atoms with van der Waals surface area (Å²) in [4.78, 5) is 17.3. The Balaban J connectivity index is 0.000000403. The zero-order chi connectivity index (χ0) is 19.4. The van der Waals surface area contributed by atoms with Crippen LogP contribution < -0.4 is 5.73 Å². The van der Waals surface area contributed by atoms with Crippen LogP contribution in [0.5, 0.6) is 0 Å². The van der Waals surface area contributed by atoms with Crippen molar-refractivity contribution >= 4 is 17.2 Å². The second kappa shape index (κ2) is 11.7. The molecule has 0 saturated carbocycles. The van der Waals surface area contributed by atoms with E-state index in [1.807, 2.05) is 25.3 Å². The van der Waals surface area contributed by atoms with Gasteiger partial charge in [0.05, 0.1) is 0 Å². The SMILES string of the molecule is C=C(C)c1ccc([N+](=O)[O-])nc1.CC(C)c1ccc(N)nc1.CCO. The van der Waals surface area contributed by atoms with Crippen molar-refractivity contribution in [2.45, 2.75) is 33.6 Å². The molecular formula is C18H26N4O3. The van der Waals surface area contributed by atoms with E-state index < -0.39 is 4.92 Å². The fraction of sp³-hybridized carbons (Fsp3) is 0.333. The number of pyridine rings is 2. The molecule has 0 radical (unpaired) electrons. The number of allylic oxidation sites excluding steroid dienone is 1. The summed E-state index contributed by atoms with van der Waals surface area (Å²) >= 11 is 0. The van der Waals surface area contributed by atoms with E-state index in [0.29, 0.717) is 11.7 Å². The average Bonchev–Trinajstić information content (AvgIpc) is 2.56. The van der Waals surface area contributed by atoms with Crippen LogP contribution in [-0.2, 0) is 0 Å². The topological polar surface area (TPSA) is 115 Å². The van der Waals surface area contributed by atoms with Gasteiger partial charge in [-0.1, -0.05) is 26.5 Å². The van der Waals surface area contributed by atoms with Crippen LogP contribution >= 0.6 is 0 Å². The predicted octanol–water partition coefficient (Wildman–Crippen LogP) is 3.81. The van der Waals surface area contributed by atoms with Gasteiger partial charge in [-0.3, -0.25) is 0 Å². The number of aliphatic hydroxyl groups excluding tert-OH is 1. The molecule has 0 atom stereocenters. The number of rotatable bonds is 3. The Morgan fingerprint density at radius 1 is 1.28 bits per heavy atom. The Hall–Kier alpha value is -2.80. The molecule has 0 aromatic carbocycles. The number of aliphatic hydroxyl groups is 1. The molecule has 2 aromatic heterocycles. The number of nitro groups is 1. The molecule has 2 aromatic rings. The normalized spacial score (nSPS) is 9.36. The minimum atomic E-state index is -0.526. The molecule has 0 aliphatic heterocycles. The Labute approximate surface area is 148 Å². The fourth-order valence-corrected chi connectivity index (χ4v) is 1.50. The number of hydrogen-bond donors (Lipinski definition) is 2. The van der Waals surface area contributed by atoms with Crippen molar-refractivity contribution in [3.63, 3.8) is 0 Å². The maximum atomic E-state index is 10.2. The van der Waals surface area contributed by atoms with Crippen molar-refractivity contribution in [2.75, 3.05) is 12.3 Å². The first-order valence-corrected chi connectivity index (χ1v) is 7.81. The molecule has 2 rings (SSSR count). The van der Waals surface area contributed by atoms with E-state index in [-0.39, 0.29) is 12.4 Å². The van der Waals surface area contributed by atoms with E-state index in [4.69, 9.17) is 10.8 Å². The number of aromatic nitrogens is 2. The summed E-state index contributed by atoms with van der Waals surface area (Å²) in [5.74, 6) is 0.984. The lowest BCUT2D eigenvalue weighted by Crippen LogP contribution is -1.92. The molecule has 25 heavy (non-hydrogen) atoms. The molecule has 0 amide bonds. The number of hydrogen-bond acceptors (Lipinski definition) is 6. The molecule has 7 nitrogen and oxygen atoms in total. The van der Waals surface area contributed by atoms with Gasteiger partial charge in [-0.2, -0.15) is 0 Å². The van der Waals surface area contributed by atoms with E-state index in [2.05, 4.69) is 30.4 Å². The minimum absolute atomic E-state index is 0.139. The van der Waals surface area contributed by atoms with Gasteiger partial charge in [-0.15, -0.1) is 0 Å². The summed E-state index contributed by atoms with van der Waals surface area (Å²) in [6.07, 6.45) is 3.26. The van der Waals surface area contributed by atoms with Gasteiger partial charge in [0, 0.05) is 24.4 Å². The van der Waals surface area contributed by atoms with Gasteiger partial charge in [0.15, 0.2) is 0 Å². The molecule has 3 N–H and O–H groups in total. The van der Waals surface area contributed by atoms with Crippen LogP contribution in [0.3, 0.4) is 0 Å². The summed E-state index contributed by atoms with van der Waals surface area (Å²) in [6.45, 7) is 11.7. The summed E-state index contributed by atoms with van der Waals surface area (Å²) in [5.41, 5.74) is 8.31. The minimum Gasteiger partial charge on any atom is -0.397 e. The lowest BCUT2D eigenvalue weighted by Gasteiger charge is -2.02. The maximum absolute atomic E-state index is 10.2. The molecule has 0 unspecified atom stereocenters. The highest BCUT2D eigenvalue weighted by molar-refractivity contribution is 5.60. The Kier molecular flexibility index (Phi) is 10.4.